The largest absolute Gasteiger partial charge is 0.469 e. The zero-order chi connectivity index (χ0) is 13.0. The Labute approximate surface area is 109 Å². The van der Waals surface area contributed by atoms with Gasteiger partial charge in [0.05, 0.1) is 7.11 Å². The van der Waals surface area contributed by atoms with E-state index in [1.54, 1.807) is 0 Å². The Morgan fingerprint density at radius 3 is 3.11 bits per heavy atom. The van der Waals surface area contributed by atoms with Gasteiger partial charge in [-0.25, -0.2) is 0 Å². The van der Waals surface area contributed by atoms with Crippen molar-refractivity contribution in [3.05, 3.63) is 29.3 Å². The molecule has 98 valence electrons. The molecule has 3 heteroatoms. The smallest absolute Gasteiger partial charge is 0.305 e. The van der Waals surface area contributed by atoms with Gasteiger partial charge in [0.1, 0.15) is 0 Å². The fourth-order valence-corrected chi connectivity index (χ4v) is 2.51. The molecule has 1 N–H and O–H groups in total. The molecule has 0 saturated heterocycles. The molecule has 1 aliphatic heterocycles. The number of benzene rings is 1. The lowest BCUT2D eigenvalue weighted by Crippen LogP contribution is -2.23. The van der Waals surface area contributed by atoms with Gasteiger partial charge in [-0.3, -0.25) is 4.79 Å². The fraction of sp³-hybridized carbons (Fsp3) is 0.533. The zero-order valence-corrected chi connectivity index (χ0v) is 11.2. The van der Waals surface area contributed by atoms with Crippen molar-refractivity contribution < 1.29 is 9.53 Å². The number of rotatable bonds is 4. The molecule has 0 saturated carbocycles. The first-order valence-electron chi connectivity index (χ1n) is 6.59. The lowest BCUT2D eigenvalue weighted by Gasteiger charge is -2.26. The molecule has 18 heavy (non-hydrogen) atoms. The van der Waals surface area contributed by atoms with Crippen molar-refractivity contribution in [3.63, 3.8) is 0 Å². The molecule has 0 aliphatic carbocycles. The van der Waals surface area contributed by atoms with Gasteiger partial charge in [-0.05, 0) is 49.3 Å². The average molecular weight is 247 g/mol. The van der Waals surface area contributed by atoms with Gasteiger partial charge in [0.2, 0.25) is 0 Å². The SMILES string of the molecule is COC(=O)CCC[C@H]1CNc2cc(C)ccc2C1. The highest BCUT2D eigenvalue weighted by Gasteiger charge is 2.18. The number of fused-ring (bicyclic) bond motifs is 1. The summed E-state index contributed by atoms with van der Waals surface area (Å²) in [5.74, 6) is 0.527. The minimum Gasteiger partial charge on any atom is -0.469 e. The van der Waals surface area contributed by atoms with Crippen molar-refractivity contribution in [2.75, 3.05) is 19.0 Å². The Bertz CT molecular complexity index is 429. The van der Waals surface area contributed by atoms with Crippen LogP contribution in [0.2, 0.25) is 0 Å². The summed E-state index contributed by atoms with van der Waals surface area (Å²) < 4.78 is 4.65. The van der Waals surface area contributed by atoms with Crippen molar-refractivity contribution in [1.82, 2.24) is 0 Å². The van der Waals surface area contributed by atoms with Crippen LogP contribution in [-0.2, 0) is 16.0 Å². The van der Waals surface area contributed by atoms with Crippen molar-refractivity contribution in [3.8, 4) is 0 Å². The van der Waals surface area contributed by atoms with Gasteiger partial charge in [0.25, 0.3) is 0 Å². The van der Waals surface area contributed by atoms with Gasteiger partial charge >= 0.3 is 5.97 Å². The highest BCUT2D eigenvalue weighted by Crippen LogP contribution is 2.28. The third-order valence-corrected chi connectivity index (χ3v) is 3.58. The van der Waals surface area contributed by atoms with Crippen molar-refractivity contribution >= 4 is 11.7 Å². The molecule has 1 heterocycles. The summed E-state index contributed by atoms with van der Waals surface area (Å²) >= 11 is 0. The van der Waals surface area contributed by atoms with Gasteiger partial charge < -0.3 is 10.1 Å². The maximum atomic E-state index is 11.1. The van der Waals surface area contributed by atoms with Gasteiger partial charge in [0, 0.05) is 18.7 Å². The normalized spacial score (nSPS) is 17.8. The lowest BCUT2D eigenvalue weighted by atomic mass is 9.89. The topological polar surface area (TPSA) is 38.3 Å². The summed E-state index contributed by atoms with van der Waals surface area (Å²) in [5, 5.41) is 3.49. The number of hydrogen-bond acceptors (Lipinski definition) is 3. The molecule has 1 aromatic rings. The highest BCUT2D eigenvalue weighted by atomic mass is 16.5. The number of carbonyl (C=O) groups is 1. The predicted molar refractivity (Wildman–Crippen MR) is 72.7 cm³/mol. The summed E-state index contributed by atoms with van der Waals surface area (Å²) in [6.07, 6.45) is 3.65. The van der Waals surface area contributed by atoms with Gasteiger partial charge in [-0.1, -0.05) is 12.1 Å². The average Bonchev–Trinajstić information content (AvgIpc) is 2.38. The second-order valence-electron chi connectivity index (χ2n) is 5.08. The van der Waals surface area contributed by atoms with Crippen LogP contribution >= 0.6 is 0 Å². The molecule has 0 radical (unpaired) electrons. The van der Waals surface area contributed by atoms with E-state index in [0.717, 1.165) is 25.8 Å². The molecule has 1 aromatic carbocycles. The molecular formula is C15H21NO2. The molecule has 0 unspecified atom stereocenters. The molecule has 0 fully saturated rings. The van der Waals surface area contributed by atoms with Crippen molar-refractivity contribution in [1.29, 1.82) is 0 Å². The molecule has 1 aliphatic rings. The van der Waals surface area contributed by atoms with E-state index in [1.165, 1.54) is 23.9 Å². The molecule has 0 bridgehead atoms. The standard InChI is InChI=1S/C15H21NO2/c1-11-6-7-13-9-12(10-16-14(13)8-11)4-3-5-15(17)18-2/h6-8,12,16H,3-5,9-10H2,1-2H3/t12-/m1/s1. The van der Waals surface area contributed by atoms with Crippen LogP contribution in [0.5, 0.6) is 0 Å². The Balaban J connectivity index is 1.84. The van der Waals surface area contributed by atoms with E-state index in [-0.39, 0.29) is 5.97 Å². The fourth-order valence-electron chi connectivity index (χ4n) is 2.51. The van der Waals surface area contributed by atoms with E-state index in [2.05, 4.69) is 35.2 Å². The zero-order valence-electron chi connectivity index (χ0n) is 11.2. The second kappa shape index (κ2) is 5.89. The van der Waals surface area contributed by atoms with E-state index in [1.807, 2.05) is 0 Å². The van der Waals surface area contributed by atoms with E-state index < -0.39 is 0 Å². The van der Waals surface area contributed by atoms with Crippen LogP contribution in [0.15, 0.2) is 18.2 Å². The molecule has 0 spiro atoms. The van der Waals surface area contributed by atoms with Gasteiger partial charge in [-0.15, -0.1) is 0 Å². The van der Waals surface area contributed by atoms with Crippen LogP contribution in [0.4, 0.5) is 5.69 Å². The maximum Gasteiger partial charge on any atom is 0.305 e. The summed E-state index contributed by atoms with van der Waals surface area (Å²) in [6.45, 7) is 3.13. The molecular weight excluding hydrogens is 226 g/mol. The number of carbonyl (C=O) groups excluding carboxylic acids is 1. The molecule has 2 rings (SSSR count). The van der Waals surface area contributed by atoms with Crippen LogP contribution in [0.1, 0.15) is 30.4 Å². The van der Waals surface area contributed by atoms with E-state index in [0.29, 0.717) is 12.3 Å². The second-order valence-corrected chi connectivity index (χ2v) is 5.08. The minimum absolute atomic E-state index is 0.102. The quantitative estimate of drug-likeness (QED) is 0.831. The van der Waals surface area contributed by atoms with E-state index >= 15 is 0 Å². The molecule has 3 nitrogen and oxygen atoms in total. The number of nitrogens with one attached hydrogen (secondary N) is 1. The number of aryl methyl sites for hydroxylation is 1. The number of methoxy groups -OCH3 is 1. The first-order valence-corrected chi connectivity index (χ1v) is 6.59. The maximum absolute atomic E-state index is 11.1. The van der Waals surface area contributed by atoms with Crippen LogP contribution in [0.25, 0.3) is 0 Å². The third kappa shape index (κ3) is 3.25. The Morgan fingerprint density at radius 1 is 1.50 bits per heavy atom. The summed E-state index contributed by atoms with van der Waals surface area (Å²) in [4.78, 5) is 11.1. The van der Waals surface area contributed by atoms with Crippen LogP contribution < -0.4 is 5.32 Å². The minimum atomic E-state index is -0.102. The Morgan fingerprint density at radius 2 is 2.33 bits per heavy atom. The van der Waals surface area contributed by atoms with Crippen LogP contribution in [0, 0.1) is 12.8 Å². The Hall–Kier alpha value is -1.51. The monoisotopic (exact) mass is 247 g/mol. The number of esters is 1. The van der Waals surface area contributed by atoms with Gasteiger partial charge in [0.15, 0.2) is 0 Å². The van der Waals surface area contributed by atoms with Crippen molar-refractivity contribution in [2.24, 2.45) is 5.92 Å². The summed E-state index contributed by atoms with van der Waals surface area (Å²) in [6, 6.07) is 6.58. The summed E-state index contributed by atoms with van der Waals surface area (Å²) in [7, 11) is 1.45. The first-order chi connectivity index (χ1) is 8.69. The van der Waals surface area contributed by atoms with Crippen LogP contribution in [-0.4, -0.2) is 19.6 Å². The number of ether oxygens (including phenoxy) is 1. The van der Waals surface area contributed by atoms with E-state index in [4.69, 9.17) is 0 Å². The highest BCUT2D eigenvalue weighted by molar-refractivity contribution is 5.69. The van der Waals surface area contributed by atoms with E-state index in [9.17, 15) is 4.79 Å². The predicted octanol–water partition coefficient (Wildman–Crippen LogP) is 2.92. The molecule has 1 atom stereocenters. The number of hydrogen-bond donors (Lipinski definition) is 1. The van der Waals surface area contributed by atoms with Crippen LogP contribution in [0.3, 0.4) is 0 Å². The first kappa shape index (κ1) is 12.9. The third-order valence-electron chi connectivity index (χ3n) is 3.58. The van der Waals surface area contributed by atoms with Crippen molar-refractivity contribution in [2.45, 2.75) is 32.6 Å². The molecule has 0 amide bonds. The van der Waals surface area contributed by atoms with Gasteiger partial charge in [-0.2, -0.15) is 0 Å². The Kier molecular flexibility index (Phi) is 4.24. The molecule has 0 aromatic heterocycles. The lowest BCUT2D eigenvalue weighted by molar-refractivity contribution is -0.140. The number of anilines is 1. The summed E-state index contributed by atoms with van der Waals surface area (Å²) in [5.41, 5.74) is 3.97.